The average Bonchev–Trinajstić information content (AvgIpc) is 2.73. The maximum absolute atomic E-state index is 6.09. The van der Waals surface area contributed by atoms with Gasteiger partial charge in [-0.2, -0.15) is 0 Å². The number of ether oxygens (including phenoxy) is 2. The van der Waals surface area contributed by atoms with Crippen molar-refractivity contribution in [3.8, 4) is 11.5 Å². The van der Waals surface area contributed by atoms with E-state index in [4.69, 9.17) is 15.2 Å². The molecule has 158 valence electrons. The van der Waals surface area contributed by atoms with Gasteiger partial charge in [-0.25, -0.2) is 9.98 Å². The number of guanidine groups is 1. The average molecular weight is 512 g/mol. The highest BCUT2D eigenvalue weighted by molar-refractivity contribution is 14.0. The molecule has 29 heavy (non-hydrogen) atoms. The van der Waals surface area contributed by atoms with Crippen LogP contribution in [0.4, 0.5) is 11.5 Å². The van der Waals surface area contributed by atoms with Crippen LogP contribution in [-0.4, -0.2) is 63.3 Å². The van der Waals surface area contributed by atoms with Crippen LogP contribution in [0.15, 0.2) is 41.5 Å². The monoisotopic (exact) mass is 512 g/mol. The van der Waals surface area contributed by atoms with E-state index >= 15 is 0 Å². The number of halogens is 1. The number of hydrogen-bond donors (Lipinski definition) is 2. The van der Waals surface area contributed by atoms with Gasteiger partial charge in [-0.3, -0.25) is 0 Å². The number of aromatic nitrogens is 1. The Kier molecular flexibility index (Phi) is 8.77. The molecule has 1 fully saturated rings. The molecule has 0 spiro atoms. The highest BCUT2D eigenvalue weighted by Gasteiger charge is 2.17. The molecule has 1 aliphatic heterocycles. The van der Waals surface area contributed by atoms with Crippen LogP contribution in [0.3, 0.4) is 0 Å². The second kappa shape index (κ2) is 11.1. The summed E-state index contributed by atoms with van der Waals surface area (Å²) in [4.78, 5) is 13.7. The van der Waals surface area contributed by atoms with Crippen LogP contribution < -0.4 is 25.4 Å². The third-order valence-electron chi connectivity index (χ3n) is 4.75. The molecule has 0 aliphatic carbocycles. The summed E-state index contributed by atoms with van der Waals surface area (Å²) in [5.41, 5.74) is 7.93. The fourth-order valence-electron chi connectivity index (χ4n) is 3.13. The summed E-state index contributed by atoms with van der Waals surface area (Å²) in [5.74, 6) is 2.61. The van der Waals surface area contributed by atoms with Gasteiger partial charge in [0.1, 0.15) is 5.82 Å². The first-order valence-electron chi connectivity index (χ1n) is 9.27. The molecular weight excluding hydrogens is 483 g/mol. The van der Waals surface area contributed by atoms with E-state index in [1.807, 2.05) is 36.5 Å². The van der Waals surface area contributed by atoms with Crippen LogP contribution in [0.25, 0.3) is 0 Å². The van der Waals surface area contributed by atoms with Crippen LogP contribution >= 0.6 is 24.0 Å². The standard InChI is InChI=1S/C20H28N6O2.HI/c1-25-9-11-26(12-10-25)19-15(5-4-8-22-19)14-23-20(21)24-16-6-7-17(27-2)18(13-16)28-3;/h4-8,13H,9-12,14H2,1-3H3,(H3,21,23,24);1H. The van der Waals surface area contributed by atoms with E-state index in [1.54, 1.807) is 14.2 Å². The third kappa shape index (κ3) is 6.10. The van der Waals surface area contributed by atoms with Crippen LogP contribution in [0.2, 0.25) is 0 Å². The number of nitrogens with two attached hydrogens (primary N) is 1. The lowest BCUT2D eigenvalue weighted by molar-refractivity contribution is 0.312. The number of benzene rings is 1. The van der Waals surface area contributed by atoms with E-state index < -0.39 is 0 Å². The first kappa shape index (κ1) is 23.0. The Morgan fingerprint density at radius 3 is 2.55 bits per heavy atom. The molecule has 2 heterocycles. The third-order valence-corrected chi connectivity index (χ3v) is 4.75. The van der Waals surface area contributed by atoms with Gasteiger partial charge in [-0.15, -0.1) is 24.0 Å². The second-order valence-corrected chi connectivity index (χ2v) is 6.67. The maximum Gasteiger partial charge on any atom is 0.193 e. The largest absolute Gasteiger partial charge is 0.493 e. The van der Waals surface area contributed by atoms with Crippen molar-refractivity contribution in [1.29, 1.82) is 0 Å². The van der Waals surface area contributed by atoms with Crippen molar-refractivity contribution in [2.45, 2.75) is 6.54 Å². The van der Waals surface area contributed by atoms with Gasteiger partial charge in [0.2, 0.25) is 0 Å². The molecule has 0 saturated carbocycles. The molecule has 2 aromatic rings. The molecule has 0 amide bonds. The number of nitrogens with one attached hydrogen (secondary N) is 1. The van der Waals surface area contributed by atoms with Crippen molar-refractivity contribution in [1.82, 2.24) is 9.88 Å². The van der Waals surface area contributed by atoms with Crippen molar-refractivity contribution in [2.24, 2.45) is 10.7 Å². The molecule has 0 unspecified atom stereocenters. The zero-order valence-corrected chi connectivity index (χ0v) is 19.4. The number of likely N-dealkylation sites (N-methyl/N-ethyl adjacent to an activating group) is 1. The maximum atomic E-state index is 6.09. The minimum Gasteiger partial charge on any atom is -0.493 e. The first-order valence-corrected chi connectivity index (χ1v) is 9.27. The Bertz CT molecular complexity index is 824. The summed E-state index contributed by atoms with van der Waals surface area (Å²) < 4.78 is 10.6. The molecule has 1 aliphatic rings. The van der Waals surface area contributed by atoms with Crippen LogP contribution in [0, 0.1) is 0 Å². The minimum atomic E-state index is 0. The molecule has 1 aromatic carbocycles. The van der Waals surface area contributed by atoms with Crippen molar-refractivity contribution in [3.63, 3.8) is 0 Å². The molecule has 0 bridgehead atoms. The van der Waals surface area contributed by atoms with Crippen LogP contribution in [0.5, 0.6) is 11.5 Å². The summed E-state index contributed by atoms with van der Waals surface area (Å²) >= 11 is 0. The second-order valence-electron chi connectivity index (χ2n) is 6.67. The predicted molar refractivity (Wildman–Crippen MR) is 128 cm³/mol. The van der Waals surface area contributed by atoms with E-state index in [1.165, 1.54) is 0 Å². The van der Waals surface area contributed by atoms with Gasteiger partial charge in [0.15, 0.2) is 17.5 Å². The lowest BCUT2D eigenvalue weighted by Gasteiger charge is -2.34. The molecule has 1 aromatic heterocycles. The summed E-state index contributed by atoms with van der Waals surface area (Å²) in [5, 5.41) is 3.09. The highest BCUT2D eigenvalue weighted by atomic mass is 127. The Morgan fingerprint density at radius 1 is 1.14 bits per heavy atom. The summed E-state index contributed by atoms with van der Waals surface area (Å²) in [6, 6.07) is 9.49. The van der Waals surface area contributed by atoms with E-state index in [-0.39, 0.29) is 24.0 Å². The van der Waals surface area contributed by atoms with Gasteiger partial charge in [-0.05, 0) is 25.2 Å². The zero-order chi connectivity index (χ0) is 19.9. The number of anilines is 2. The Labute approximate surface area is 189 Å². The molecule has 3 rings (SSSR count). The van der Waals surface area contributed by atoms with Crippen molar-refractivity contribution < 1.29 is 9.47 Å². The number of aliphatic imine (C=N–C) groups is 1. The molecule has 8 nitrogen and oxygen atoms in total. The SMILES string of the molecule is COc1ccc(NC(N)=NCc2cccnc2N2CCN(C)CC2)cc1OC.I. The van der Waals surface area contributed by atoms with Gasteiger partial charge in [0, 0.05) is 49.7 Å². The minimum absolute atomic E-state index is 0. The fourth-order valence-corrected chi connectivity index (χ4v) is 3.13. The number of rotatable bonds is 6. The number of piperazine rings is 1. The molecule has 0 radical (unpaired) electrons. The molecule has 0 atom stereocenters. The summed E-state index contributed by atoms with van der Waals surface area (Å²) in [6.45, 7) is 4.44. The number of methoxy groups -OCH3 is 2. The first-order chi connectivity index (χ1) is 13.6. The normalized spacial score (nSPS) is 14.9. The van der Waals surface area contributed by atoms with Crippen LogP contribution in [0.1, 0.15) is 5.56 Å². The van der Waals surface area contributed by atoms with Crippen molar-refractivity contribution in [3.05, 3.63) is 42.1 Å². The number of hydrogen-bond acceptors (Lipinski definition) is 6. The van der Waals surface area contributed by atoms with E-state index in [9.17, 15) is 0 Å². The Hall–Kier alpha value is -2.27. The quantitative estimate of drug-likeness (QED) is 0.349. The van der Waals surface area contributed by atoms with Gasteiger partial charge < -0.3 is 30.3 Å². The Balaban J connectivity index is 0.00000300. The lowest BCUT2D eigenvalue weighted by Crippen LogP contribution is -2.45. The van der Waals surface area contributed by atoms with Gasteiger partial charge in [0.25, 0.3) is 0 Å². The zero-order valence-electron chi connectivity index (χ0n) is 17.1. The van der Waals surface area contributed by atoms with E-state index in [0.29, 0.717) is 24.0 Å². The van der Waals surface area contributed by atoms with Crippen LogP contribution in [-0.2, 0) is 6.54 Å². The van der Waals surface area contributed by atoms with E-state index in [0.717, 1.165) is 43.2 Å². The molecule has 3 N–H and O–H groups in total. The molecular formula is C20H29IN6O2. The van der Waals surface area contributed by atoms with Crippen molar-refractivity contribution >= 4 is 41.4 Å². The Morgan fingerprint density at radius 2 is 1.86 bits per heavy atom. The fraction of sp³-hybridized carbons (Fsp3) is 0.400. The highest BCUT2D eigenvalue weighted by Crippen LogP contribution is 2.29. The number of nitrogens with zero attached hydrogens (tertiary/aromatic N) is 4. The topological polar surface area (TPSA) is 88.2 Å². The van der Waals surface area contributed by atoms with Crippen molar-refractivity contribution in [2.75, 3.05) is 57.7 Å². The molecule has 1 saturated heterocycles. The summed E-state index contributed by atoms with van der Waals surface area (Å²) in [7, 11) is 5.34. The predicted octanol–water partition coefficient (Wildman–Crippen LogP) is 2.40. The smallest absolute Gasteiger partial charge is 0.193 e. The lowest BCUT2D eigenvalue weighted by atomic mass is 10.2. The van der Waals surface area contributed by atoms with E-state index in [2.05, 4.69) is 32.1 Å². The van der Waals surface area contributed by atoms with Gasteiger partial charge in [0.05, 0.1) is 20.8 Å². The van der Waals surface area contributed by atoms with Gasteiger partial charge in [-0.1, -0.05) is 6.07 Å². The number of pyridine rings is 1. The van der Waals surface area contributed by atoms with Gasteiger partial charge >= 0.3 is 0 Å². The summed E-state index contributed by atoms with van der Waals surface area (Å²) in [6.07, 6.45) is 1.83. The molecule has 9 heteroatoms.